The van der Waals surface area contributed by atoms with Gasteiger partial charge < -0.3 is 4.74 Å². The van der Waals surface area contributed by atoms with Crippen molar-refractivity contribution in [2.75, 3.05) is 26.3 Å². The van der Waals surface area contributed by atoms with Crippen LogP contribution >= 0.6 is 0 Å². The van der Waals surface area contributed by atoms with E-state index >= 15 is 0 Å². The van der Waals surface area contributed by atoms with Crippen LogP contribution < -0.4 is 0 Å². The minimum absolute atomic E-state index is 0.0951. The van der Waals surface area contributed by atoms with Crippen molar-refractivity contribution in [2.24, 2.45) is 5.41 Å². The highest BCUT2D eigenvalue weighted by Gasteiger charge is 2.42. The average Bonchev–Trinajstić information content (AvgIpc) is 2.80. The minimum atomic E-state index is 0.0951. The van der Waals surface area contributed by atoms with Gasteiger partial charge in [-0.05, 0) is 88.1 Å². The van der Waals surface area contributed by atoms with Crippen LogP contribution in [-0.2, 0) is 16.7 Å². The summed E-state index contributed by atoms with van der Waals surface area (Å²) in [6, 6.07) is 15.4. The molecule has 1 aromatic carbocycles. The standard InChI is InChI=1S/C27H40N2O/c1-5-27(6-2,25-14-13-23(4)28-21-25)29-19-17-26(18-20-29,22-30-7-3)16-15-24-11-9-8-10-12-24/h8-14,21H,5-7,15-20,22H2,1-4H3. The van der Waals surface area contributed by atoms with Crippen LogP contribution in [0.2, 0.25) is 0 Å². The summed E-state index contributed by atoms with van der Waals surface area (Å²) < 4.78 is 6.01. The fourth-order valence-corrected chi connectivity index (χ4v) is 5.28. The number of piperidine rings is 1. The number of hydrogen-bond acceptors (Lipinski definition) is 3. The van der Waals surface area contributed by atoms with E-state index in [1.54, 1.807) is 0 Å². The number of rotatable bonds is 10. The number of ether oxygens (including phenoxy) is 1. The third-order valence-corrected chi connectivity index (χ3v) is 7.45. The van der Waals surface area contributed by atoms with Gasteiger partial charge in [0.05, 0.1) is 6.61 Å². The number of aryl methyl sites for hydroxylation is 2. The van der Waals surface area contributed by atoms with Gasteiger partial charge in [0.2, 0.25) is 0 Å². The predicted molar refractivity (Wildman–Crippen MR) is 126 cm³/mol. The first-order chi connectivity index (χ1) is 14.6. The third-order valence-electron chi connectivity index (χ3n) is 7.45. The molecule has 3 nitrogen and oxygen atoms in total. The average molecular weight is 409 g/mol. The first-order valence-electron chi connectivity index (χ1n) is 11.9. The monoisotopic (exact) mass is 408 g/mol. The largest absolute Gasteiger partial charge is 0.381 e. The van der Waals surface area contributed by atoms with Gasteiger partial charge in [0.25, 0.3) is 0 Å². The van der Waals surface area contributed by atoms with E-state index < -0.39 is 0 Å². The van der Waals surface area contributed by atoms with E-state index in [2.05, 4.69) is 86.2 Å². The summed E-state index contributed by atoms with van der Waals surface area (Å²) in [6.45, 7) is 12.8. The molecule has 1 saturated heterocycles. The fourth-order valence-electron chi connectivity index (χ4n) is 5.28. The molecule has 0 atom stereocenters. The van der Waals surface area contributed by atoms with Gasteiger partial charge in [0, 0.05) is 24.0 Å². The number of pyridine rings is 1. The lowest BCUT2D eigenvalue weighted by Gasteiger charge is -2.50. The molecule has 1 fully saturated rings. The molecule has 30 heavy (non-hydrogen) atoms. The molecule has 0 aliphatic carbocycles. The second kappa shape index (κ2) is 10.5. The van der Waals surface area contributed by atoms with Gasteiger partial charge >= 0.3 is 0 Å². The van der Waals surface area contributed by atoms with E-state index in [1.165, 1.54) is 30.4 Å². The molecule has 3 heteroatoms. The van der Waals surface area contributed by atoms with E-state index in [4.69, 9.17) is 4.74 Å². The maximum Gasteiger partial charge on any atom is 0.0523 e. The molecule has 0 N–H and O–H groups in total. The molecule has 2 heterocycles. The Labute approximate surface area is 183 Å². The summed E-state index contributed by atoms with van der Waals surface area (Å²) in [5.74, 6) is 0. The number of benzene rings is 1. The van der Waals surface area contributed by atoms with Gasteiger partial charge in [-0.1, -0.05) is 50.2 Å². The first-order valence-corrected chi connectivity index (χ1v) is 11.9. The first kappa shape index (κ1) is 23.0. The van der Waals surface area contributed by atoms with Gasteiger partial charge in [-0.3, -0.25) is 9.88 Å². The number of hydrogen-bond donors (Lipinski definition) is 0. The molecule has 164 valence electrons. The fraction of sp³-hybridized carbons (Fsp3) is 0.593. The molecule has 0 spiro atoms. The Kier molecular flexibility index (Phi) is 8.07. The summed E-state index contributed by atoms with van der Waals surface area (Å²) in [5, 5.41) is 0. The summed E-state index contributed by atoms with van der Waals surface area (Å²) in [7, 11) is 0. The van der Waals surface area contributed by atoms with Crippen LogP contribution in [0.5, 0.6) is 0 Å². The maximum absolute atomic E-state index is 6.01. The van der Waals surface area contributed by atoms with Crippen LogP contribution in [0.4, 0.5) is 0 Å². The molecule has 0 bridgehead atoms. The van der Waals surface area contributed by atoms with Crippen molar-refractivity contribution < 1.29 is 4.74 Å². The molecule has 3 rings (SSSR count). The summed E-state index contributed by atoms with van der Waals surface area (Å²) in [6.07, 6.45) is 9.12. The van der Waals surface area contributed by atoms with Crippen LogP contribution in [0, 0.1) is 12.3 Å². The van der Waals surface area contributed by atoms with E-state index in [1.807, 2.05) is 0 Å². The zero-order valence-corrected chi connectivity index (χ0v) is 19.5. The van der Waals surface area contributed by atoms with E-state index in [0.29, 0.717) is 5.41 Å². The lowest BCUT2D eigenvalue weighted by molar-refractivity contribution is -0.0369. The van der Waals surface area contributed by atoms with Crippen LogP contribution in [0.25, 0.3) is 0 Å². The molecule has 2 aromatic rings. The second-order valence-corrected chi connectivity index (χ2v) is 9.04. The Morgan fingerprint density at radius 3 is 2.27 bits per heavy atom. The van der Waals surface area contributed by atoms with Gasteiger partial charge in [-0.25, -0.2) is 0 Å². The highest BCUT2D eigenvalue weighted by atomic mass is 16.5. The topological polar surface area (TPSA) is 25.4 Å². The van der Waals surface area contributed by atoms with Crippen LogP contribution in [0.15, 0.2) is 48.7 Å². The smallest absolute Gasteiger partial charge is 0.0523 e. The maximum atomic E-state index is 6.01. The molecule has 0 amide bonds. The van der Waals surface area contributed by atoms with E-state index in [9.17, 15) is 0 Å². The SMILES string of the molecule is CCOCC1(CCc2ccccc2)CCN(C(CC)(CC)c2ccc(C)nc2)CC1. The zero-order chi connectivity index (χ0) is 21.5. The Balaban J connectivity index is 1.74. The Bertz CT molecular complexity index is 744. The number of aromatic nitrogens is 1. The lowest BCUT2D eigenvalue weighted by Crippen LogP contribution is -2.52. The highest BCUT2D eigenvalue weighted by molar-refractivity contribution is 5.23. The van der Waals surface area contributed by atoms with Crippen molar-refractivity contribution in [3.63, 3.8) is 0 Å². The van der Waals surface area contributed by atoms with Crippen molar-refractivity contribution in [3.8, 4) is 0 Å². The molecular formula is C27H40N2O. The predicted octanol–water partition coefficient (Wildman–Crippen LogP) is 6.16. The van der Waals surface area contributed by atoms with Crippen LogP contribution in [0.3, 0.4) is 0 Å². The Morgan fingerprint density at radius 2 is 1.70 bits per heavy atom. The molecule has 1 aliphatic rings. The third kappa shape index (κ3) is 5.12. The molecular weight excluding hydrogens is 368 g/mol. The van der Waals surface area contributed by atoms with Crippen molar-refractivity contribution in [1.29, 1.82) is 0 Å². The van der Waals surface area contributed by atoms with Crippen molar-refractivity contribution >= 4 is 0 Å². The number of nitrogens with zero attached hydrogens (tertiary/aromatic N) is 2. The van der Waals surface area contributed by atoms with Gasteiger partial charge in [-0.15, -0.1) is 0 Å². The summed E-state index contributed by atoms with van der Waals surface area (Å²) in [5.41, 5.74) is 4.30. The van der Waals surface area contributed by atoms with Crippen molar-refractivity contribution in [2.45, 2.75) is 71.8 Å². The van der Waals surface area contributed by atoms with E-state index in [-0.39, 0.29) is 5.54 Å². The quantitative estimate of drug-likeness (QED) is 0.471. The molecule has 0 radical (unpaired) electrons. The van der Waals surface area contributed by atoms with Crippen molar-refractivity contribution in [1.82, 2.24) is 9.88 Å². The molecule has 0 saturated carbocycles. The summed E-state index contributed by atoms with van der Waals surface area (Å²) >= 11 is 0. The lowest BCUT2D eigenvalue weighted by atomic mass is 9.72. The van der Waals surface area contributed by atoms with Gasteiger partial charge in [0.1, 0.15) is 0 Å². The second-order valence-electron chi connectivity index (χ2n) is 9.04. The normalized spacial score (nSPS) is 17.2. The van der Waals surface area contributed by atoms with Crippen LogP contribution in [-0.4, -0.2) is 36.2 Å². The highest BCUT2D eigenvalue weighted by Crippen LogP contribution is 2.43. The van der Waals surface area contributed by atoms with Gasteiger partial charge in [-0.2, -0.15) is 0 Å². The van der Waals surface area contributed by atoms with Crippen molar-refractivity contribution in [3.05, 3.63) is 65.5 Å². The van der Waals surface area contributed by atoms with E-state index in [0.717, 1.165) is 51.3 Å². The molecule has 0 unspecified atom stereocenters. The van der Waals surface area contributed by atoms with Gasteiger partial charge in [0.15, 0.2) is 0 Å². The number of likely N-dealkylation sites (tertiary alicyclic amines) is 1. The Morgan fingerprint density at radius 1 is 1.00 bits per heavy atom. The Hall–Kier alpha value is -1.71. The molecule has 1 aromatic heterocycles. The zero-order valence-electron chi connectivity index (χ0n) is 19.5. The van der Waals surface area contributed by atoms with Crippen LogP contribution in [0.1, 0.15) is 69.7 Å². The summed E-state index contributed by atoms with van der Waals surface area (Å²) in [4.78, 5) is 7.36. The minimum Gasteiger partial charge on any atom is -0.381 e. The molecule has 1 aliphatic heterocycles.